The van der Waals surface area contributed by atoms with Crippen LogP contribution in [0, 0.1) is 0 Å². The highest BCUT2D eigenvalue weighted by atomic mass is 16.4. The molecule has 1 aliphatic carbocycles. The van der Waals surface area contributed by atoms with Crippen molar-refractivity contribution >= 4 is 7.85 Å². The van der Waals surface area contributed by atoms with Crippen molar-refractivity contribution in [2.45, 2.75) is 57.8 Å². The van der Waals surface area contributed by atoms with Crippen LogP contribution in [0.15, 0.2) is 9.41 Å². The zero-order valence-electron chi connectivity index (χ0n) is 11.7. The van der Waals surface area contributed by atoms with Crippen molar-refractivity contribution in [1.29, 1.82) is 0 Å². The van der Waals surface area contributed by atoms with Crippen LogP contribution in [-0.2, 0) is 19.9 Å². The SMILES string of the molecule is BC1(C)CCCc2c(o/c(=N/C(C)C)n2C)C1. The van der Waals surface area contributed by atoms with E-state index in [1.807, 2.05) is 0 Å². The number of rotatable bonds is 1. The average Bonchev–Trinajstić information content (AvgIpc) is 2.39. The lowest BCUT2D eigenvalue weighted by Gasteiger charge is -2.20. The van der Waals surface area contributed by atoms with E-state index in [1.165, 1.54) is 18.5 Å². The molecule has 0 radical (unpaired) electrons. The summed E-state index contributed by atoms with van der Waals surface area (Å²) in [6.07, 6.45) is 4.67. The summed E-state index contributed by atoms with van der Waals surface area (Å²) in [5.74, 6) is 1.15. The first-order chi connectivity index (χ1) is 7.89. The zero-order valence-corrected chi connectivity index (χ0v) is 11.7. The minimum absolute atomic E-state index is 0.281. The van der Waals surface area contributed by atoms with Gasteiger partial charge in [-0.1, -0.05) is 18.7 Å². The summed E-state index contributed by atoms with van der Waals surface area (Å²) in [4.78, 5) is 4.54. The largest absolute Gasteiger partial charge is 0.428 e. The molecule has 0 spiro atoms. The first-order valence-electron chi connectivity index (χ1n) is 6.60. The van der Waals surface area contributed by atoms with E-state index >= 15 is 0 Å². The molecule has 1 unspecified atom stereocenters. The van der Waals surface area contributed by atoms with Gasteiger partial charge in [0.05, 0.1) is 5.69 Å². The van der Waals surface area contributed by atoms with Gasteiger partial charge in [0, 0.05) is 19.5 Å². The van der Waals surface area contributed by atoms with Gasteiger partial charge in [0.15, 0.2) is 0 Å². The molecule has 0 saturated carbocycles. The molecule has 0 fully saturated rings. The lowest BCUT2D eigenvalue weighted by atomic mass is 9.65. The van der Waals surface area contributed by atoms with Crippen molar-refractivity contribution in [2.75, 3.05) is 0 Å². The maximum atomic E-state index is 5.96. The van der Waals surface area contributed by atoms with Gasteiger partial charge in [-0.25, -0.2) is 4.99 Å². The Bertz CT molecular complexity index is 468. The van der Waals surface area contributed by atoms with Crippen LogP contribution in [0.1, 0.15) is 45.1 Å². The highest BCUT2D eigenvalue weighted by molar-refractivity contribution is 6.15. The summed E-state index contributed by atoms with van der Waals surface area (Å²) in [6, 6.07) is 0.281. The third-order valence-electron chi connectivity index (χ3n) is 3.50. The molecule has 2 rings (SSSR count). The van der Waals surface area contributed by atoms with E-state index < -0.39 is 0 Å². The van der Waals surface area contributed by atoms with Gasteiger partial charge in [0.2, 0.25) is 0 Å². The maximum Gasteiger partial charge on any atom is 0.297 e. The second-order valence-corrected chi connectivity index (χ2v) is 6.23. The molecule has 1 aromatic rings. The Morgan fingerprint density at radius 3 is 2.82 bits per heavy atom. The molecule has 94 valence electrons. The van der Waals surface area contributed by atoms with Crippen LogP contribution in [0.3, 0.4) is 0 Å². The molecule has 0 saturated heterocycles. The second kappa shape index (κ2) is 4.39. The van der Waals surface area contributed by atoms with E-state index in [0.29, 0.717) is 5.31 Å². The maximum absolute atomic E-state index is 5.96. The molecule has 0 amide bonds. The van der Waals surface area contributed by atoms with Crippen LogP contribution in [0.25, 0.3) is 0 Å². The van der Waals surface area contributed by atoms with Gasteiger partial charge in [-0.15, -0.1) is 0 Å². The Balaban J connectivity index is 2.46. The Labute approximate surface area is 104 Å². The third-order valence-corrected chi connectivity index (χ3v) is 3.50. The summed E-state index contributed by atoms with van der Waals surface area (Å²) >= 11 is 0. The van der Waals surface area contributed by atoms with Crippen LogP contribution in [0.4, 0.5) is 0 Å². The Hall–Kier alpha value is -0.925. The lowest BCUT2D eigenvalue weighted by Crippen LogP contribution is -2.17. The first-order valence-corrected chi connectivity index (χ1v) is 6.60. The van der Waals surface area contributed by atoms with Crippen molar-refractivity contribution < 1.29 is 4.42 Å². The normalized spacial score (nSPS) is 26.1. The van der Waals surface area contributed by atoms with E-state index in [1.54, 1.807) is 0 Å². The Morgan fingerprint density at radius 1 is 1.47 bits per heavy atom. The van der Waals surface area contributed by atoms with Crippen LogP contribution >= 0.6 is 0 Å². The van der Waals surface area contributed by atoms with Gasteiger partial charge in [-0.2, -0.15) is 0 Å². The molecule has 3 nitrogen and oxygen atoms in total. The summed E-state index contributed by atoms with van der Waals surface area (Å²) in [6.45, 7) is 6.49. The Kier molecular flexibility index (Phi) is 3.24. The molecule has 0 aromatic carbocycles. The average molecular weight is 234 g/mol. The molecule has 1 aromatic heterocycles. The van der Waals surface area contributed by atoms with E-state index in [0.717, 1.165) is 24.3 Å². The fourth-order valence-corrected chi connectivity index (χ4v) is 2.58. The van der Waals surface area contributed by atoms with Crippen molar-refractivity contribution in [3.8, 4) is 0 Å². The van der Waals surface area contributed by atoms with E-state index in [4.69, 9.17) is 4.42 Å². The summed E-state index contributed by atoms with van der Waals surface area (Å²) in [5, 5.41) is 0.352. The minimum Gasteiger partial charge on any atom is -0.428 e. The third kappa shape index (κ3) is 2.67. The molecule has 17 heavy (non-hydrogen) atoms. The number of hydrogen-bond acceptors (Lipinski definition) is 2. The Morgan fingerprint density at radius 2 is 2.18 bits per heavy atom. The van der Waals surface area contributed by atoms with E-state index in [2.05, 4.69) is 45.2 Å². The van der Waals surface area contributed by atoms with Crippen LogP contribution < -0.4 is 5.68 Å². The molecule has 0 N–H and O–H groups in total. The summed E-state index contributed by atoms with van der Waals surface area (Å²) in [7, 11) is 4.39. The van der Waals surface area contributed by atoms with Gasteiger partial charge in [0.25, 0.3) is 5.68 Å². The first kappa shape index (κ1) is 12.5. The smallest absolute Gasteiger partial charge is 0.297 e. The lowest BCUT2D eigenvalue weighted by molar-refractivity contribution is 0.405. The molecule has 1 aliphatic rings. The molecular formula is C13H23BN2O. The standard InChI is InChI=1S/C13H23BN2O/c1-9(2)15-12-16(4)10-6-5-7-13(3,14)8-11(10)17-12/h9H,5-8,14H2,1-4H3/b15-12+. The molecule has 4 heteroatoms. The molecular weight excluding hydrogens is 211 g/mol. The predicted molar refractivity (Wildman–Crippen MR) is 71.9 cm³/mol. The molecule has 1 atom stereocenters. The fraction of sp³-hybridized carbons (Fsp3) is 0.769. The van der Waals surface area contributed by atoms with Gasteiger partial charge >= 0.3 is 0 Å². The number of fused-ring (bicyclic) bond motifs is 1. The van der Waals surface area contributed by atoms with Crippen molar-refractivity contribution in [3.05, 3.63) is 17.1 Å². The number of oxazole rings is 1. The van der Waals surface area contributed by atoms with Gasteiger partial charge < -0.3 is 4.42 Å². The monoisotopic (exact) mass is 234 g/mol. The van der Waals surface area contributed by atoms with Gasteiger partial charge in [-0.3, -0.25) is 4.57 Å². The topological polar surface area (TPSA) is 30.4 Å². The van der Waals surface area contributed by atoms with E-state index in [9.17, 15) is 0 Å². The minimum atomic E-state index is 0.281. The van der Waals surface area contributed by atoms with Crippen molar-refractivity contribution in [3.63, 3.8) is 0 Å². The molecule has 0 aliphatic heterocycles. The van der Waals surface area contributed by atoms with Gasteiger partial charge in [-0.05, 0) is 26.7 Å². The fourth-order valence-electron chi connectivity index (χ4n) is 2.58. The number of nitrogens with zero attached hydrogens (tertiary/aromatic N) is 2. The second-order valence-electron chi connectivity index (χ2n) is 6.23. The number of aromatic nitrogens is 1. The highest BCUT2D eigenvalue weighted by Gasteiger charge is 2.27. The van der Waals surface area contributed by atoms with Gasteiger partial charge in [0.1, 0.15) is 13.6 Å². The van der Waals surface area contributed by atoms with E-state index in [-0.39, 0.29) is 6.04 Å². The zero-order chi connectivity index (χ0) is 12.6. The summed E-state index contributed by atoms with van der Waals surface area (Å²) in [5.41, 5.74) is 2.12. The predicted octanol–water partition coefficient (Wildman–Crippen LogP) is 1.62. The highest BCUT2D eigenvalue weighted by Crippen LogP contribution is 2.36. The quantitative estimate of drug-likeness (QED) is 0.536. The van der Waals surface area contributed by atoms with Crippen LogP contribution in [-0.4, -0.2) is 18.5 Å². The molecule has 0 bridgehead atoms. The number of hydrogen-bond donors (Lipinski definition) is 0. The summed E-state index contributed by atoms with van der Waals surface area (Å²) < 4.78 is 8.10. The van der Waals surface area contributed by atoms with Crippen LogP contribution in [0.5, 0.6) is 0 Å². The van der Waals surface area contributed by atoms with Crippen molar-refractivity contribution in [2.24, 2.45) is 12.0 Å². The molecule has 1 heterocycles. The van der Waals surface area contributed by atoms with Crippen LogP contribution in [0.2, 0.25) is 5.31 Å². The van der Waals surface area contributed by atoms with Crippen molar-refractivity contribution in [1.82, 2.24) is 4.57 Å².